The number of hydrogen-bond acceptors (Lipinski definition) is 3. The smallest absolute Gasteiger partial charge is 0.288 e. The zero-order valence-electron chi connectivity index (χ0n) is 8.96. The van der Waals surface area contributed by atoms with Crippen LogP contribution in [0.5, 0.6) is 0 Å². The van der Waals surface area contributed by atoms with Gasteiger partial charge in [-0.05, 0) is 12.1 Å². The van der Waals surface area contributed by atoms with Gasteiger partial charge in [0.05, 0.1) is 20.5 Å². The van der Waals surface area contributed by atoms with Gasteiger partial charge in [-0.15, -0.1) is 11.3 Å². The Labute approximate surface area is 119 Å². The molecular weight excluding hydrogens is 322 g/mol. The Morgan fingerprint density at radius 2 is 1.79 bits per heavy atom. The second-order valence-electron chi connectivity index (χ2n) is 3.45. The average molecular weight is 326 g/mol. The molecule has 0 bridgehead atoms. The first kappa shape index (κ1) is 14.3. The van der Waals surface area contributed by atoms with E-state index in [0.29, 0.717) is 0 Å². The van der Waals surface area contributed by atoms with Crippen molar-refractivity contribution in [2.24, 2.45) is 0 Å². The number of nitrogens with zero attached hydrogens (tertiary/aromatic N) is 1. The summed E-state index contributed by atoms with van der Waals surface area (Å²) >= 11 is 11.9. The molecule has 0 saturated heterocycles. The Morgan fingerprint density at radius 3 is 2.26 bits per heavy atom. The van der Waals surface area contributed by atoms with Gasteiger partial charge in [-0.25, -0.2) is 4.98 Å². The molecule has 0 atom stereocenters. The van der Waals surface area contributed by atoms with Crippen molar-refractivity contribution in [3.8, 4) is 0 Å². The molecule has 0 aliphatic carbocycles. The van der Waals surface area contributed by atoms with E-state index in [4.69, 9.17) is 23.2 Å². The first-order valence-electron chi connectivity index (χ1n) is 4.82. The number of aromatic nitrogens is 1. The van der Waals surface area contributed by atoms with Crippen LogP contribution in [-0.2, 0) is 6.18 Å². The van der Waals surface area contributed by atoms with Gasteiger partial charge in [0.1, 0.15) is 0 Å². The van der Waals surface area contributed by atoms with E-state index in [-0.39, 0.29) is 31.8 Å². The molecule has 0 aliphatic heterocycles. The van der Waals surface area contributed by atoms with Gasteiger partial charge in [0.2, 0.25) is 5.78 Å². The lowest BCUT2D eigenvalue weighted by Crippen LogP contribution is -2.03. The third kappa shape index (κ3) is 2.91. The van der Waals surface area contributed by atoms with Crippen molar-refractivity contribution in [2.45, 2.75) is 6.18 Å². The topological polar surface area (TPSA) is 30.0 Å². The van der Waals surface area contributed by atoms with E-state index in [9.17, 15) is 18.0 Å². The molecule has 19 heavy (non-hydrogen) atoms. The summed E-state index contributed by atoms with van der Waals surface area (Å²) in [5.41, 5.74) is -0.0248. The van der Waals surface area contributed by atoms with Gasteiger partial charge in [-0.2, -0.15) is 13.2 Å². The van der Waals surface area contributed by atoms with E-state index in [2.05, 4.69) is 4.98 Å². The molecule has 0 spiro atoms. The van der Waals surface area contributed by atoms with Crippen molar-refractivity contribution in [2.75, 3.05) is 0 Å². The highest BCUT2D eigenvalue weighted by atomic mass is 35.5. The summed E-state index contributed by atoms with van der Waals surface area (Å²) in [4.78, 5) is 15.1. The Balaban J connectivity index is 2.43. The third-order valence-corrected chi connectivity index (χ3v) is 3.83. The van der Waals surface area contributed by atoms with Gasteiger partial charge in [-0.1, -0.05) is 29.3 Å². The number of carbonyl (C=O) groups excluding carboxylic acids is 1. The quantitative estimate of drug-likeness (QED) is 0.749. The fourth-order valence-corrected chi connectivity index (χ4v) is 2.65. The average Bonchev–Trinajstić information content (AvgIpc) is 2.77. The fraction of sp³-hybridized carbons (Fsp3) is 0.0909. The molecule has 0 aliphatic rings. The highest BCUT2D eigenvalue weighted by Crippen LogP contribution is 2.34. The Kier molecular flexibility index (Phi) is 3.85. The minimum atomic E-state index is -4.58. The molecule has 0 N–H and O–H groups in total. The van der Waals surface area contributed by atoms with Crippen LogP contribution in [0, 0.1) is 0 Å². The number of carbonyl (C=O) groups is 1. The molecule has 0 fully saturated rings. The molecule has 2 rings (SSSR count). The molecule has 0 amide bonds. The summed E-state index contributed by atoms with van der Waals surface area (Å²) in [5.74, 6) is -0.677. The second-order valence-corrected chi connectivity index (χ2v) is 5.30. The number of benzene rings is 1. The summed E-state index contributed by atoms with van der Waals surface area (Å²) in [6, 6.07) is 4.41. The molecular formula is C11H4Cl2F3NOS. The molecule has 100 valence electrons. The predicted molar refractivity (Wildman–Crippen MR) is 67.0 cm³/mol. The maximum atomic E-state index is 12.4. The van der Waals surface area contributed by atoms with Crippen molar-refractivity contribution in [1.82, 2.24) is 4.98 Å². The summed E-state index contributed by atoms with van der Waals surface area (Å²) in [7, 11) is 0. The minimum absolute atomic E-state index is 0.0248. The van der Waals surface area contributed by atoms with Crippen LogP contribution in [-0.4, -0.2) is 10.8 Å². The van der Waals surface area contributed by atoms with Crippen molar-refractivity contribution >= 4 is 40.3 Å². The Morgan fingerprint density at radius 1 is 1.21 bits per heavy atom. The highest BCUT2D eigenvalue weighted by molar-refractivity contribution is 7.14. The third-order valence-electron chi connectivity index (χ3n) is 2.16. The molecule has 1 aromatic heterocycles. The number of rotatable bonds is 2. The SMILES string of the molecule is O=C(c1cnc(C(F)(F)F)s1)c1c(Cl)cccc1Cl. The molecule has 0 saturated carbocycles. The zero-order valence-corrected chi connectivity index (χ0v) is 11.3. The first-order chi connectivity index (χ1) is 8.80. The van der Waals surface area contributed by atoms with Gasteiger partial charge < -0.3 is 0 Å². The predicted octanol–water partition coefficient (Wildman–Crippen LogP) is 4.70. The molecule has 0 unspecified atom stereocenters. The van der Waals surface area contributed by atoms with Crippen molar-refractivity contribution in [3.05, 3.63) is 49.9 Å². The summed E-state index contributed by atoms with van der Waals surface area (Å²) in [5, 5.41) is -0.919. The van der Waals surface area contributed by atoms with E-state index in [1.165, 1.54) is 18.2 Å². The molecule has 1 aromatic carbocycles. The monoisotopic (exact) mass is 325 g/mol. The number of alkyl halides is 3. The van der Waals surface area contributed by atoms with Gasteiger partial charge >= 0.3 is 6.18 Å². The van der Waals surface area contributed by atoms with E-state index in [0.717, 1.165) is 6.20 Å². The van der Waals surface area contributed by atoms with Crippen LogP contribution in [0.1, 0.15) is 20.2 Å². The van der Waals surface area contributed by atoms with Gasteiger partial charge in [0.25, 0.3) is 0 Å². The molecule has 8 heteroatoms. The molecule has 2 aromatic rings. The van der Waals surface area contributed by atoms with Gasteiger partial charge in [-0.3, -0.25) is 4.79 Å². The minimum Gasteiger partial charge on any atom is -0.288 e. The van der Waals surface area contributed by atoms with Crippen molar-refractivity contribution < 1.29 is 18.0 Å². The maximum Gasteiger partial charge on any atom is 0.443 e. The van der Waals surface area contributed by atoms with Crippen molar-refractivity contribution in [3.63, 3.8) is 0 Å². The van der Waals surface area contributed by atoms with Crippen LogP contribution in [0.3, 0.4) is 0 Å². The maximum absolute atomic E-state index is 12.4. The lowest BCUT2D eigenvalue weighted by molar-refractivity contribution is -0.137. The summed E-state index contributed by atoms with van der Waals surface area (Å²) < 4.78 is 37.2. The van der Waals surface area contributed by atoms with E-state index < -0.39 is 17.0 Å². The standard InChI is InChI=1S/C11H4Cl2F3NOS/c12-5-2-1-3-6(13)8(5)9(18)7-4-17-10(19-7)11(14,15)16/h1-4H. The van der Waals surface area contributed by atoms with Crippen LogP contribution in [0.4, 0.5) is 13.2 Å². The van der Waals surface area contributed by atoms with E-state index >= 15 is 0 Å². The van der Waals surface area contributed by atoms with Gasteiger partial charge in [0.15, 0.2) is 5.01 Å². The molecule has 1 heterocycles. The Hall–Kier alpha value is -1.11. The van der Waals surface area contributed by atoms with Crippen LogP contribution in [0.15, 0.2) is 24.4 Å². The van der Waals surface area contributed by atoms with Crippen LogP contribution in [0.2, 0.25) is 10.0 Å². The second kappa shape index (κ2) is 5.11. The lowest BCUT2D eigenvalue weighted by atomic mass is 10.1. The van der Waals surface area contributed by atoms with E-state index in [1.807, 2.05) is 0 Å². The largest absolute Gasteiger partial charge is 0.443 e. The normalized spacial score (nSPS) is 11.6. The van der Waals surface area contributed by atoms with Gasteiger partial charge in [0, 0.05) is 6.20 Å². The van der Waals surface area contributed by atoms with Crippen molar-refractivity contribution in [1.29, 1.82) is 0 Å². The van der Waals surface area contributed by atoms with Crippen LogP contribution < -0.4 is 0 Å². The number of thiazole rings is 1. The number of hydrogen-bond donors (Lipinski definition) is 0. The van der Waals surface area contributed by atoms with Crippen LogP contribution >= 0.6 is 34.5 Å². The lowest BCUT2D eigenvalue weighted by Gasteiger charge is -2.03. The molecule has 0 radical (unpaired) electrons. The number of halogens is 5. The number of ketones is 1. The summed E-state index contributed by atoms with van der Waals surface area (Å²) in [6.45, 7) is 0. The summed E-state index contributed by atoms with van der Waals surface area (Å²) in [6.07, 6.45) is -3.71. The fourth-order valence-electron chi connectivity index (χ4n) is 1.35. The van der Waals surface area contributed by atoms with Crippen LogP contribution in [0.25, 0.3) is 0 Å². The molecule has 2 nitrogen and oxygen atoms in total. The first-order valence-corrected chi connectivity index (χ1v) is 6.39. The highest BCUT2D eigenvalue weighted by Gasteiger charge is 2.35. The Bertz CT molecular complexity index is 619. The van der Waals surface area contributed by atoms with E-state index in [1.54, 1.807) is 0 Å². The zero-order chi connectivity index (χ0) is 14.2.